The van der Waals surface area contributed by atoms with E-state index in [0.717, 1.165) is 21.5 Å². The van der Waals surface area contributed by atoms with E-state index in [1.807, 2.05) is 72.8 Å². The van der Waals surface area contributed by atoms with Gasteiger partial charge in [-0.3, -0.25) is 38.4 Å². The number of fused-ring (bicyclic) bond motifs is 2. The Morgan fingerprint density at radius 2 is 0.892 bits per heavy atom. The van der Waals surface area contributed by atoms with Crippen molar-refractivity contribution in [1.82, 2.24) is 82.3 Å². The predicted molar refractivity (Wildman–Crippen MR) is 369 cm³/mol. The number of carboxylic acids is 2. The van der Waals surface area contributed by atoms with Gasteiger partial charge < -0.3 is 72.0 Å². The number of hydrogen-bond acceptors (Lipinski definition) is 18. The van der Waals surface area contributed by atoms with E-state index in [1.54, 1.807) is 101 Å². The van der Waals surface area contributed by atoms with Crippen LogP contribution in [0.2, 0.25) is 0 Å². The summed E-state index contributed by atoms with van der Waals surface area (Å²) in [4.78, 5) is 142. The van der Waals surface area contributed by atoms with Crippen LogP contribution in [0.4, 0.5) is 0 Å². The maximum Gasteiger partial charge on any atom is 0.326 e. The molecule has 8 heterocycles. The summed E-state index contributed by atoms with van der Waals surface area (Å²) in [7, 11) is 3.18. The molecule has 6 aliphatic rings. The number of likely N-dealkylation sites (tertiary alicyclic amines) is 2. The number of nitrogens with one attached hydrogen (secondary N) is 8. The number of carboxylic acid groups (broad SMARTS) is 2. The molecule has 2 saturated heterocycles. The zero-order chi connectivity index (χ0) is 72.1. The summed E-state index contributed by atoms with van der Waals surface area (Å²) in [6.07, 6.45) is 2.57. The third-order valence-corrected chi connectivity index (χ3v) is 18.7. The number of hydrogen-bond donors (Lipinski definition) is 10. The van der Waals surface area contributed by atoms with E-state index < -0.39 is 133 Å². The number of aromatic nitrogens is 6. The number of likely N-dealkylation sites (N-methyl/N-ethyl adjacent to an activating group) is 2. The third kappa shape index (κ3) is 17.8. The average molecular weight is 1390 g/mol. The molecule has 0 aliphatic carbocycles. The van der Waals surface area contributed by atoms with Crippen molar-refractivity contribution in [3.8, 4) is 11.5 Å². The number of carbonyl (C=O) groups is 10. The second-order valence-electron chi connectivity index (χ2n) is 25.7. The molecule has 8 aromatic rings. The maximum atomic E-state index is 14.9. The molecule has 2 aromatic heterocycles. The molecule has 30 nitrogen and oxygen atoms in total. The van der Waals surface area contributed by atoms with Crippen molar-refractivity contribution in [2.45, 2.75) is 126 Å². The summed E-state index contributed by atoms with van der Waals surface area (Å²) in [5, 5.41) is 64.1. The molecule has 10 atom stereocenters. The molecule has 12 bridgehead atoms. The van der Waals surface area contributed by atoms with Crippen molar-refractivity contribution in [1.29, 1.82) is 0 Å². The minimum Gasteiger partial charge on any atom is -0.487 e. The molecule has 532 valence electrons. The van der Waals surface area contributed by atoms with Gasteiger partial charge in [-0.05, 0) is 96.0 Å². The zero-order valence-electron chi connectivity index (χ0n) is 56.5. The van der Waals surface area contributed by atoms with Gasteiger partial charge in [0.2, 0.25) is 47.3 Å². The number of rotatable bonds is 14. The second kappa shape index (κ2) is 32.6. The molecule has 14 rings (SSSR count). The summed E-state index contributed by atoms with van der Waals surface area (Å²) in [5.74, 6) is -7.26. The van der Waals surface area contributed by atoms with Gasteiger partial charge in [0.25, 0.3) is 0 Å². The number of benzene rings is 6. The third-order valence-electron chi connectivity index (χ3n) is 18.7. The lowest BCUT2D eigenvalue weighted by Gasteiger charge is -2.27. The van der Waals surface area contributed by atoms with Gasteiger partial charge in [0.1, 0.15) is 72.4 Å². The van der Waals surface area contributed by atoms with Crippen LogP contribution in [-0.2, 0) is 86.8 Å². The topological polar surface area (TPSA) is 394 Å². The first kappa shape index (κ1) is 71.6. The van der Waals surface area contributed by atoms with Crippen LogP contribution in [0.3, 0.4) is 0 Å². The number of aliphatic carboxylic acids is 2. The Labute approximate surface area is 585 Å². The molecular weight excluding hydrogens is 1310 g/mol. The molecular formula is C72H80N16O14. The van der Waals surface area contributed by atoms with E-state index in [0.29, 0.717) is 45.1 Å². The monoisotopic (exact) mass is 1390 g/mol. The van der Waals surface area contributed by atoms with Gasteiger partial charge in [-0.25, -0.2) is 19.0 Å². The molecule has 30 heteroatoms. The lowest BCUT2D eigenvalue weighted by atomic mass is 9.99. The first-order chi connectivity index (χ1) is 49.1. The highest BCUT2D eigenvalue weighted by atomic mass is 16.5. The smallest absolute Gasteiger partial charge is 0.326 e. The number of amides is 8. The van der Waals surface area contributed by atoms with Gasteiger partial charge in [-0.15, -0.1) is 10.2 Å². The van der Waals surface area contributed by atoms with Crippen LogP contribution >= 0.6 is 0 Å². The molecule has 0 unspecified atom stereocenters. The van der Waals surface area contributed by atoms with E-state index in [2.05, 4.69) is 63.2 Å². The lowest BCUT2D eigenvalue weighted by molar-refractivity contribution is -0.143. The quantitative estimate of drug-likeness (QED) is 0.0736. The number of nitrogens with zero attached hydrogens (tertiary/aromatic N) is 8. The molecule has 2 fully saturated rings. The summed E-state index contributed by atoms with van der Waals surface area (Å²) in [5.41, 5.74) is 2.96. The van der Waals surface area contributed by atoms with Crippen LogP contribution < -0.4 is 52.0 Å². The minimum absolute atomic E-state index is 0.0227. The van der Waals surface area contributed by atoms with Gasteiger partial charge in [-0.2, -0.15) is 0 Å². The molecule has 0 saturated carbocycles. The molecule has 10 N–H and O–H groups in total. The van der Waals surface area contributed by atoms with Crippen LogP contribution in [0.15, 0.2) is 146 Å². The van der Waals surface area contributed by atoms with Crippen molar-refractivity contribution in [2.24, 2.45) is 0 Å². The fraction of sp³-hybridized carbons (Fsp3) is 0.361. The van der Waals surface area contributed by atoms with E-state index >= 15 is 0 Å². The standard InChI is InChI=1S/C72H80N16O14/c1-41(73-3)65(91)75-33-63(89)85-37-53-31-61(85)69(95)77-57(29-45-13-19-47-9-5-7-11-49(47)25-45)67(93)79-59(71(97)98)27-43-17-23-56(24-18-43)102-40-52-36-88(84-82-52)54-32-62(86(38-54)64(90)34-76-66(92)42(2)74-4)70(96)78-58(30-46-14-20-48-10-6-8-12-50(48)26-46)68(94)80-60(72(99)100)28-44-15-21-55(22-16-44)101-39-51-35-87(53)83-81-51/h5-26,35-36,41-42,53-54,57-62,73-74H,27-34,37-40H2,1-4H3,(H,75,91)(H,76,92)(H,77,95)(H,78,96)(H,79,93)(H,80,94)(H,97,98)(H,99,100)/t41-,42-,53-,54-,57-,58-,59-,60-,61-,62-/m0/s1. The van der Waals surface area contributed by atoms with Crippen LogP contribution in [0.1, 0.15) is 72.4 Å². The van der Waals surface area contributed by atoms with Gasteiger partial charge >= 0.3 is 11.9 Å². The second-order valence-corrected chi connectivity index (χ2v) is 25.7. The molecule has 8 amide bonds. The molecule has 0 radical (unpaired) electrons. The van der Waals surface area contributed by atoms with E-state index in [1.165, 1.54) is 19.2 Å². The van der Waals surface area contributed by atoms with E-state index in [-0.39, 0.29) is 64.8 Å². The highest BCUT2D eigenvalue weighted by Crippen LogP contribution is 2.31. The summed E-state index contributed by atoms with van der Waals surface area (Å²) < 4.78 is 15.2. The first-order valence-electron chi connectivity index (χ1n) is 33.5. The van der Waals surface area contributed by atoms with Crippen molar-refractivity contribution in [2.75, 3.05) is 40.3 Å². The Hall–Kier alpha value is -11.7. The lowest BCUT2D eigenvalue weighted by Crippen LogP contribution is -2.57. The van der Waals surface area contributed by atoms with Crippen molar-refractivity contribution >= 4 is 80.7 Å². The highest BCUT2D eigenvalue weighted by molar-refractivity contribution is 5.97. The van der Waals surface area contributed by atoms with Crippen molar-refractivity contribution in [3.63, 3.8) is 0 Å². The normalized spacial score (nSPS) is 21.4. The van der Waals surface area contributed by atoms with Gasteiger partial charge in [0, 0.05) is 51.6 Å². The Morgan fingerprint density at radius 3 is 1.26 bits per heavy atom. The van der Waals surface area contributed by atoms with Gasteiger partial charge in [-0.1, -0.05) is 120 Å². The van der Waals surface area contributed by atoms with Gasteiger partial charge in [0.05, 0.1) is 49.7 Å². The maximum absolute atomic E-state index is 14.9. The average Bonchev–Trinajstić information content (AvgIpc) is 1.64. The Morgan fingerprint density at radius 1 is 0.510 bits per heavy atom. The van der Waals surface area contributed by atoms with E-state index in [4.69, 9.17) is 9.47 Å². The fourth-order valence-electron chi connectivity index (χ4n) is 12.6. The molecule has 102 heavy (non-hydrogen) atoms. The predicted octanol–water partition coefficient (Wildman–Crippen LogP) is 1.46. The van der Waals surface area contributed by atoms with Crippen LogP contribution in [0, 0.1) is 0 Å². The molecule has 6 aliphatic heterocycles. The fourth-order valence-corrected chi connectivity index (χ4v) is 12.6. The summed E-state index contributed by atoms with van der Waals surface area (Å²) >= 11 is 0. The van der Waals surface area contributed by atoms with Crippen molar-refractivity contribution in [3.05, 3.63) is 179 Å². The molecule has 6 aromatic carbocycles. The Kier molecular flexibility index (Phi) is 22.9. The summed E-state index contributed by atoms with van der Waals surface area (Å²) in [6, 6.07) is 28.3. The van der Waals surface area contributed by atoms with Crippen molar-refractivity contribution < 1.29 is 67.6 Å². The van der Waals surface area contributed by atoms with Crippen LogP contribution in [0.25, 0.3) is 21.5 Å². The zero-order valence-corrected chi connectivity index (χ0v) is 56.5. The van der Waals surface area contributed by atoms with Crippen LogP contribution in [0.5, 0.6) is 11.5 Å². The van der Waals surface area contributed by atoms with Gasteiger partial charge in [0.15, 0.2) is 0 Å². The highest BCUT2D eigenvalue weighted by Gasteiger charge is 2.44. The van der Waals surface area contributed by atoms with E-state index in [9.17, 15) is 58.2 Å². The Bertz CT molecular complexity index is 4140. The van der Waals surface area contributed by atoms with Crippen LogP contribution in [-0.4, -0.2) is 198 Å². The largest absolute Gasteiger partial charge is 0.487 e. The number of carbonyl (C=O) groups excluding carboxylic acids is 8. The number of ether oxygens (including phenoxy) is 2. The Balaban J connectivity index is 0.887. The first-order valence-corrected chi connectivity index (χ1v) is 33.5. The SMILES string of the molecule is CN[C@@H](C)C(=O)NCC(=O)N1C[C@@H]2C[C@H]1C(=O)N[C@@H](Cc1ccc3ccccc3c1)C(=O)N[C@H](C(=O)O)Cc1ccc(cc1)OCc1cn(nn1)[C@H]1C[C@@H](C(=O)N[C@@H](Cc3ccc4ccccc4c3)C(=O)N[C@H](C(=O)O)Cc3ccc(cc3)OCc3cn2nn3)N(C(=O)CNC(=O)[C@H](C)NC)C1. The minimum atomic E-state index is -1.50. The summed E-state index contributed by atoms with van der Waals surface area (Å²) in [6.45, 7) is 1.90. The molecule has 0 spiro atoms.